The fourth-order valence-electron chi connectivity index (χ4n) is 3.07. The maximum absolute atomic E-state index is 12.1. The number of fused-ring (bicyclic) bond motifs is 1. The molecule has 4 nitrogen and oxygen atoms in total. The molecule has 3 rings (SSSR count). The van der Waals surface area contributed by atoms with E-state index in [2.05, 4.69) is 23.5 Å². The highest BCUT2D eigenvalue weighted by molar-refractivity contribution is 5.78. The number of amides is 1. The molecule has 1 N–H and O–H groups in total. The fraction of sp³-hybridized carbons (Fsp3) is 0.350. The Morgan fingerprint density at radius 3 is 2.75 bits per heavy atom. The summed E-state index contributed by atoms with van der Waals surface area (Å²) < 4.78 is 10.7. The summed E-state index contributed by atoms with van der Waals surface area (Å²) in [6, 6.07) is 13.7. The summed E-state index contributed by atoms with van der Waals surface area (Å²) in [6.07, 6.45) is 3.54. The van der Waals surface area contributed by atoms with Gasteiger partial charge in [0, 0.05) is 6.07 Å². The summed E-state index contributed by atoms with van der Waals surface area (Å²) in [4.78, 5) is 12.1. The molecule has 1 aliphatic rings. The second kappa shape index (κ2) is 7.39. The zero-order valence-corrected chi connectivity index (χ0v) is 14.2. The van der Waals surface area contributed by atoms with Gasteiger partial charge in [0.25, 0.3) is 5.91 Å². The number of hydrogen-bond donors (Lipinski definition) is 1. The van der Waals surface area contributed by atoms with E-state index in [9.17, 15) is 4.79 Å². The molecule has 0 saturated heterocycles. The molecule has 24 heavy (non-hydrogen) atoms. The van der Waals surface area contributed by atoms with E-state index in [0.717, 1.165) is 12.0 Å². The zero-order valence-electron chi connectivity index (χ0n) is 14.2. The lowest BCUT2D eigenvalue weighted by atomic mass is 10.0. The molecule has 1 aliphatic carbocycles. The first-order chi connectivity index (χ1) is 11.7. The Morgan fingerprint density at radius 1 is 1.12 bits per heavy atom. The number of ether oxygens (including phenoxy) is 2. The van der Waals surface area contributed by atoms with E-state index in [4.69, 9.17) is 9.47 Å². The number of benzene rings is 2. The molecule has 1 amide bonds. The normalized spacial score (nSPS) is 13.9. The molecule has 0 fully saturated rings. The van der Waals surface area contributed by atoms with Crippen LogP contribution in [0.5, 0.6) is 11.5 Å². The van der Waals surface area contributed by atoms with Crippen molar-refractivity contribution in [3.05, 3.63) is 59.2 Å². The predicted octanol–water partition coefficient (Wildman–Crippen LogP) is 3.44. The second-order valence-electron chi connectivity index (χ2n) is 6.14. The highest BCUT2D eigenvalue weighted by Crippen LogP contribution is 2.25. The summed E-state index contributed by atoms with van der Waals surface area (Å²) in [7, 11) is 1.60. The third-order valence-corrected chi connectivity index (χ3v) is 4.41. The Bertz CT molecular complexity index is 727. The Hall–Kier alpha value is -2.49. The standard InChI is InChI=1S/C20H23NO3/c1-14(16-10-9-15-5-3-6-17(15)11-16)21-20(22)13-24-19-8-4-7-18(12-19)23-2/h4,7-12,14H,3,5-6,13H2,1-2H3,(H,21,22). The van der Waals surface area contributed by atoms with E-state index in [0.29, 0.717) is 11.5 Å². The van der Waals surface area contributed by atoms with Crippen LogP contribution in [0.15, 0.2) is 42.5 Å². The molecule has 0 aliphatic heterocycles. The van der Waals surface area contributed by atoms with Crippen molar-refractivity contribution in [1.82, 2.24) is 5.32 Å². The molecule has 2 aromatic carbocycles. The van der Waals surface area contributed by atoms with Gasteiger partial charge in [-0.3, -0.25) is 4.79 Å². The van der Waals surface area contributed by atoms with Crippen LogP contribution in [-0.4, -0.2) is 19.6 Å². The maximum atomic E-state index is 12.1. The van der Waals surface area contributed by atoms with E-state index in [1.807, 2.05) is 19.1 Å². The summed E-state index contributed by atoms with van der Waals surface area (Å²) in [5, 5.41) is 2.99. The Balaban J connectivity index is 1.54. The van der Waals surface area contributed by atoms with Crippen LogP contribution in [-0.2, 0) is 17.6 Å². The number of methoxy groups -OCH3 is 1. The van der Waals surface area contributed by atoms with Gasteiger partial charge in [0.1, 0.15) is 11.5 Å². The van der Waals surface area contributed by atoms with Gasteiger partial charge in [0.15, 0.2) is 6.61 Å². The molecule has 0 heterocycles. The van der Waals surface area contributed by atoms with Gasteiger partial charge in [-0.1, -0.05) is 24.3 Å². The highest BCUT2D eigenvalue weighted by atomic mass is 16.5. The molecule has 0 saturated carbocycles. The number of hydrogen-bond acceptors (Lipinski definition) is 3. The zero-order chi connectivity index (χ0) is 16.9. The molecule has 2 aromatic rings. The van der Waals surface area contributed by atoms with Gasteiger partial charge in [0.2, 0.25) is 0 Å². The molecular weight excluding hydrogens is 302 g/mol. The van der Waals surface area contributed by atoms with E-state index in [1.54, 1.807) is 19.2 Å². The van der Waals surface area contributed by atoms with Crippen molar-refractivity contribution in [1.29, 1.82) is 0 Å². The quantitative estimate of drug-likeness (QED) is 0.885. The van der Waals surface area contributed by atoms with Gasteiger partial charge < -0.3 is 14.8 Å². The lowest BCUT2D eigenvalue weighted by Crippen LogP contribution is -2.31. The first-order valence-corrected chi connectivity index (χ1v) is 8.33. The van der Waals surface area contributed by atoms with Crippen molar-refractivity contribution in [3.63, 3.8) is 0 Å². The SMILES string of the molecule is COc1cccc(OCC(=O)NC(C)c2ccc3c(c2)CCC3)c1. The van der Waals surface area contributed by atoms with E-state index in [-0.39, 0.29) is 18.6 Å². The fourth-order valence-corrected chi connectivity index (χ4v) is 3.07. The predicted molar refractivity (Wildman–Crippen MR) is 93.5 cm³/mol. The van der Waals surface area contributed by atoms with Crippen molar-refractivity contribution in [2.24, 2.45) is 0 Å². The van der Waals surface area contributed by atoms with E-state index >= 15 is 0 Å². The summed E-state index contributed by atoms with van der Waals surface area (Å²) >= 11 is 0. The molecule has 0 aromatic heterocycles. The first-order valence-electron chi connectivity index (χ1n) is 8.33. The molecule has 126 valence electrons. The van der Waals surface area contributed by atoms with Crippen LogP contribution in [0.4, 0.5) is 0 Å². The topological polar surface area (TPSA) is 47.6 Å². The molecule has 0 bridgehead atoms. The number of nitrogens with one attached hydrogen (secondary N) is 1. The number of aryl methyl sites for hydroxylation is 2. The smallest absolute Gasteiger partial charge is 0.258 e. The van der Waals surface area contributed by atoms with Crippen molar-refractivity contribution in [3.8, 4) is 11.5 Å². The Kier molecular flexibility index (Phi) is 5.04. The summed E-state index contributed by atoms with van der Waals surface area (Å²) in [5.74, 6) is 1.19. The van der Waals surface area contributed by atoms with Crippen molar-refractivity contribution < 1.29 is 14.3 Å². The minimum Gasteiger partial charge on any atom is -0.497 e. The Labute approximate surface area is 142 Å². The third kappa shape index (κ3) is 3.88. The second-order valence-corrected chi connectivity index (χ2v) is 6.14. The van der Waals surface area contributed by atoms with Gasteiger partial charge in [-0.05, 0) is 55.0 Å². The van der Waals surface area contributed by atoms with Crippen LogP contribution in [0.1, 0.15) is 36.1 Å². The van der Waals surface area contributed by atoms with Crippen molar-refractivity contribution in [2.45, 2.75) is 32.2 Å². The Morgan fingerprint density at radius 2 is 1.92 bits per heavy atom. The number of carbonyl (C=O) groups excluding carboxylic acids is 1. The van der Waals surface area contributed by atoms with Crippen LogP contribution in [0, 0.1) is 0 Å². The summed E-state index contributed by atoms with van der Waals surface area (Å²) in [5.41, 5.74) is 4.00. The van der Waals surface area contributed by atoms with Crippen LogP contribution in [0.2, 0.25) is 0 Å². The van der Waals surface area contributed by atoms with E-state index < -0.39 is 0 Å². The molecule has 0 radical (unpaired) electrons. The van der Waals surface area contributed by atoms with Crippen LogP contribution < -0.4 is 14.8 Å². The molecular formula is C20H23NO3. The lowest BCUT2D eigenvalue weighted by Gasteiger charge is -2.16. The average molecular weight is 325 g/mol. The third-order valence-electron chi connectivity index (χ3n) is 4.41. The minimum atomic E-state index is -0.134. The largest absolute Gasteiger partial charge is 0.497 e. The highest BCUT2D eigenvalue weighted by Gasteiger charge is 2.15. The van der Waals surface area contributed by atoms with Crippen LogP contribution in [0.3, 0.4) is 0 Å². The monoisotopic (exact) mass is 325 g/mol. The van der Waals surface area contributed by atoms with Crippen molar-refractivity contribution in [2.75, 3.05) is 13.7 Å². The van der Waals surface area contributed by atoms with Gasteiger partial charge in [-0.25, -0.2) is 0 Å². The minimum absolute atomic E-state index is 0.0115. The lowest BCUT2D eigenvalue weighted by molar-refractivity contribution is -0.123. The van der Waals surface area contributed by atoms with Crippen LogP contribution in [0.25, 0.3) is 0 Å². The maximum Gasteiger partial charge on any atom is 0.258 e. The number of carbonyl (C=O) groups is 1. The van der Waals surface area contributed by atoms with Gasteiger partial charge in [-0.2, -0.15) is 0 Å². The first kappa shape index (κ1) is 16.4. The number of rotatable bonds is 6. The van der Waals surface area contributed by atoms with Crippen molar-refractivity contribution >= 4 is 5.91 Å². The van der Waals surface area contributed by atoms with Gasteiger partial charge >= 0.3 is 0 Å². The van der Waals surface area contributed by atoms with Crippen LogP contribution >= 0.6 is 0 Å². The van der Waals surface area contributed by atoms with Gasteiger partial charge in [0.05, 0.1) is 13.2 Å². The molecule has 0 spiro atoms. The van der Waals surface area contributed by atoms with Gasteiger partial charge in [-0.15, -0.1) is 0 Å². The average Bonchev–Trinajstić information content (AvgIpc) is 3.07. The molecule has 1 unspecified atom stereocenters. The molecule has 1 atom stereocenters. The molecule has 4 heteroatoms. The van der Waals surface area contributed by atoms with E-state index in [1.165, 1.54) is 24.0 Å². The summed E-state index contributed by atoms with van der Waals surface area (Å²) in [6.45, 7) is 1.99.